The van der Waals surface area contributed by atoms with Gasteiger partial charge < -0.3 is 14.6 Å². The van der Waals surface area contributed by atoms with Crippen LogP contribution in [0.3, 0.4) is 0 Å². The molecular weight excluding hydrogens is 228 g/mol. The minimum atomic E-state index is -0.372. The highest BCUT2D eigenvalue weighted by molar-refractivity contribution is 5.28. The minimum Gasteiger partial charge on any atom is -0.494 e. The van der Waals surface area contributed by atoms with E-state index in [1.807, 2.05) is 31.2 Å². The topological polar surface area (TPSA) is 38.7 Å². The Kier molecular flexibility index (Phi) is 5.02. The third-order valence-electron chi connectivity index (χ3n) is 3.47. The molecule has 1 aliphatic heterocycles. The molecule has 1 N–H and O–H groups in total. The van der Waals surface area contributed by atoms with Gasteiger partial charge >= 0.3 is 0 Å². The van der Waals surface area contributed by atoms with E-state index in [9.17, 15) is 5.11 Å². The molecule has 0 aliphatic carbocycles. The molecule has 1 fully saturated rings. The molecule has 3 nitrogen and oxygen atoms in total. The van der Waals surface area contributed by atoms with Gasteiger partial charge in [0.1, 0.15) is 5.75 Å². The molecule has 100 valence electrons. The van der Waals surface area contributed by atoms with Crippen molar-refractivity contribution in [3.8, 4) is 5.75 Å². The van der Waals surface area contributed by atoms with Gasteiger partial charge in [-0.25, -0.2) is 0 Å². The van der Waals surface area contributed by atoms with Gasteiger partial charge in [0.25, 0.3) is 0 Å². The van der Waals surface area contributed by atoms with Crippen molar-refractivity contribution in [2.75, 3.05) is 19.8 Å². The van der Waals surface area contributed by atoms with E-state index >= 15 is 0 Å². The van der Waals surface area contributed by atoms with Crippen LogP contribution in [0.15, 0.2) is 24.3 Å². The Hall–Kier alpha value is -1.06. The summed E-state index contributed by atoms with van der Waals surface area (Å²) in [6.07, 6.45) is 2.59. The lowest BCUT2D eigenvalue weighted by atomic mass is 9.91. The maximum atomic E-state index is 10.2. The first-order valence-corrected chi connectivity index (χ1v) is 6.78. The van der Waals surface area contributed by atoms with Crippen molar-refractivity contribution in [1.29, 1.82) is 0 Å². The summed E-state index contributed by atoms with van der Waals surface area (Å²) in [5.41, 5.74) is 0.977. The van der Waals surface area contributed by atoms with Gasteiger partial charge in [-0.2, -0.15) is 0 Å². The fourth-order valence-electron chi connectivity index (χ4n) is 2.39. The molecular formula is C15H22O3. The Bertz CT molecular complexity index is 341. The SMILES string of the molecule is CCOc1ccc(C(O)CC2CCOCC2)cc1. The summed E-state index contributed by atoms with van der Waals surface area (Å²) in [6, 6.07) is 7.75. The van der Waals surface area contributed by atoms with Gasteiger partial charge in [-0.05, 0) is 49.8 Å². The molecule has 1 heterocycles. The second-order valence-corrected chi connectivity index (χ2v) is 4.81. The van der Waals surface area contributed by atoms with Gasteiger partial charge in [-0.15, -0.1) is 0 Å². The van der Waals surface area contributed by atoms with Crippen LogP contribution in [0.1, 0.15) is 37.9 Å². The van der Waals surface area contributed by atoms with E-state index in [1.165, 1.54) is 0 Å². The van der Waals surface area contributed by atoms with Crippen molar-refractivity contribution >= 4 is 0 Å². The maximum Gasteiger partial charge on any atom is 0.119 e. The quantitative estimate of drug-likeness (QED) is 0.873. The van der Waals surface area contributed by atoms with E-state index in [0.717, 1.165) is 43.8 Å². The molecule has 0 saturated carbocycles. The summed E-state index contributed by atoms with van der Waals surface area (Å²) >= 11 is 0. The van der Waals surface area contributed by atoms with Crippen LogP contribution in [-0.4, -0.2) is 24.9 Å². The van der Waals surface area contributed by atoms with Crippen LogP contribution in [0, 0.1) is 5.92 Å². The molecule has 18 heavy (non-hydrogen) atoms. The first-order valence-electron chi connectivity index (χ1n) is 6.78. The molecule has 0 spiro atoms. The zero-order valence-corrected chi connectivity index (χ0v) is 11.0. The predicted molar refractivity (Wildman–Crippen MR) is 70.7 cm³/mol. The van der Waals surface area contributed by atoms with Crippen molar-refractivity contribution in [3.05, 3.63) is 29.8 Å². The Labute approximate surface area is 109 Å². The highest BCUT2D eigenvalue weighted by Gasteiger charge is 2.18. The molecule has 1 aromatic carbocycles. The number of hydrogen-bond donors (Lipinski definition) is 1. The van der Waals surface area contributed by atoms with Crippen LogP contribution in [0.25, 0.3) is 0 Å². The van der Waals surface area contributed by atoms with Gasteiger partial charge in [-0.3, -0.25) is 0 Å². The van der Waals surface area contributed by atoms with Gasteiger partial charge in [0.2, 0.25) is 0 Å². The van der Waals surface area contributed by atoms with E-state index in [4.69, 9.17) is 9.47 Å². The van der Waals surface area contributed by atoms with Gasteiger partial charge in [0, 0.05) is 13.2 Å². The van der Waals surface area contributed by atoms with Crippen LogP contribution in [0.5, 0.6) is 5.75 Å². The Morgan fingerprint density at radius 1 is 1.28 bits per heavy atom. The van der Waals surface area contributed by atoms with Gasteiger partial charge in [0.05, 0.1) is 12.7 Å². The van der Waals surface area contributed by atoms with Crippen molar-refractivity contribution < 1.29 is 14.6 Å². The largest absolute Gasteiger partial charge is 0.494 e. The molecule has 0 aromatic heterocycles. The zero-order chi connectivity index (χ0) is 12.8. The normalized spacial score (nSPS) is 18.6. The molecule has 0 amide bonds. The standard InChI is InChI=1S/C15H22O3/c1-2-18-14-5-3-13(4-6-14)15(16)11-12-7-9-17-10-8-12/h3-6,12,15-16H,2,7-11H2,1H3. The third kappa shape index (κ3) is 3.72. The summed E-state index contributed by atoms with van der Waals surface area (Å²) in [4.78, 5) is 0. The smallest absolute Gasteiger partial charge is 0.119 e. The molecule has 1 atom stereocenters. The molecule has 0 bridgehead atoms. The zero-order valence-electron chi connectivity index (χ0n) is 11.0. The number of hydrogen-bond acceptors (Lipinski definition) is 3. The van der Waals surface area contributed by atoms with Crippen LogP contribution >= 0.6 is 0 Å². The first-order chi connectivity index (χ1) is 8.79. The maximum absolute atomic E-state index is 10.2. The summed E-state index contributed by atoms with van der Waals surface area (Å²) in [6.45, 7) is 4.30. The van der Waals surface area contributed by atoms with E-state index in [1.54, 1.807) is 0 Å². The predicted octanol–water partition coefficient (Wildman–Crippen LogP) is 2.94. The summed E-state index contributed by atoms with van der Waals surface area (Å²) in [7, 11) is 0. The molecule has 1 aromatic rings. The van der Waals surface area contributed by atoms with Gasteiger partial charge in [0.15, 0.2) is 0 Å². The lowest BCUT2D eigenvalue weighted by molar-refractivity contribution is 0.0435. The summed E-state index contributed by atoms with van der Waals surface area (Å²) in [5, 5.41) is 10.2. The lowest BCUT2D eigenvalue weighted by Gasteiger charge is -2.24. The van der Waals surface area contributed by atoms with E-state index in [0.29, 0.717) is 12.5 Å². The molecule has 1 unspecified atom stereocenters. The monoisotopic (exact) mass is 250 g/mol. The van der Waals surface area contributed by atoms with Crippen LogP contribution in [0.4, 0.5) is 0 Å². The van der Waals surface area contributed by atoms with Crippen molar-refractivity contribution in [2.24, 2.45) is 5.92 Å². The first kappa shape index (κ1) is 13.4. The summed E-state index contributed by atoms with van der Waals surface area (Å²) in [5.74, 6) is 1.44. The highest BCUT2D eigenvalue weighted by atomic mass is 16.5. The third-order valence-corrected chi connectivity index (χ3v) is 3.47. The van der Waals surface area contributed by atoms with Gasteiger partial charge in [-0.1, -0.05) is 12.1 Å². The van der Waals surface area contributed by atoms with Crippen molar-refractivity contribution in [3.63, 3.8) is 0 Å². The lowest BCUT2D eigenvalue weighted by Crippen LogP contribution is -2.18. The molecule has 0 radical (unpaired) electrons. The Balaban J connectivity index is 1.89. The number of benzene rings is 1. The average Bonchev–Trinajstić information content (AvgIpc) is 2.41. The van der Waals surface area contributed by atoms with E-state index in [-0.39, 0.29) is 6.10 Å². The van der Waals surface area contributed by atoms with Crippen LogP contribution in [-0.2, 0) is 4.74 Å². The van der Waals surface area contributed by atoms with E-state index < -0.39 is 0 Å². The summed E-state index contributed by atoms with van der Waals surface area (Å²) < 4.78 is 10.7. The van der Waals surface area contributed by atoms with Crippen LogP contribution < -0.4 is 4.74 Å². The Morgan fingerprint density at radius 2 is 1.94 bits per heavy atom. The second-order valence-electron chi connectivity index (χ2n) is 4.81. The second kappa shape index (κ2) is 6.76. The minimum absolute atomic E-state index is 0.372. The number of rotatable bonds is 5. The molecule has 3 heteroatoms. The average molecular weight is 250 g/mol. The fraction of sp³-hybridized carbons (Fsp3) is 0.600. The molecule has 2 rings (SSSR count). The number of ether oxygens (including phenoxy) is 2. The number of aliphatic hydroxyl groups is 1. The fourth-order valence-corrected chi connectivity index (χ4v) is 2.39. The van der Waals surface area contributed by atoms with Crippen LogP contribution in [0.2, 0.25) is 0 Å². The molecule has 1 aliphatic rings. The highest BCUT2D eigenvalue weighted by Crippen LogP contribution is 2.28. The molecule has 1 saturated heterocycles. The van der Waals surface area contributed by atoms with E-state index in [2.05, 4.69) is 0 Å². The van der Waals surface area contributed by atoms with Crippen molar-refractivity contribution in [2.45, 2.75) is 32.3 Å². The number of aliphatic hydroxyl groups excluding tert-OH is 1. The Morgan fingerprint density at radius 3 is 2.56 bits per heavy atom. The van der Waals surface area contributed by atoms with Crippen molar-refractivity contribution in [1.82, 2.24) is 0 Å².